The molecule has 4 heterocycles. The Morgan fingerprint density at radius 3 is 2.46 bits per heavy atom. The molecule has 0 bridgehead atoms. The molecule has 4 rings (SSSR count). The average molecular weight is 359 g/mol. The van der Waals surface area contributed by atoms with Gasteiger partial charge in [0.25, 0.3) is 0 Å². The predicted octanol–water partition coefficient (Wildman–Crippen LogP) is 0.153. The van der Waals surface area contributed by atoms with Gasteiger partial charge in [-0.15, -0.1) is 0 Å². The maximum absolute atomic E-state index is 12.9. The van der Waals surface area contributed by atoms with Crippen molar-refractivity contribution in [3.05, 3.63) is 18.5 Å². The van der Waals surface area contributed by atoms with Crippen LogP contribution in [0.25, 0.3) is 0 Å². The van der Waals surface area contributed by atoms with Crippen molar-refractivity contribution >= 4 is 17.8 Å². The molecule has 1 unspecified atom stereocenters. The largest absolute Gasteiger partial charge is 0.381 e. The normalized spacial score (nSPS) is 25.0. The summed E-state index contributed by atoms with van der Waals surface area (Å²) in [6.07, 6.45) is 5.56. The number of piperazine rings is 1. The van der Waals surface area contributed by atoms with Crippen molar-refractivity contribution in [3.8, 4) is 0 Å². The average Bonchev–Trinajstić information content (AvgIpc) is 3.10. The number of rotatable bonds is 3. The molecule has 26 heavy (non-hydrogen) atoms. The zero-order valence-electron chi connectivity index (χ0n) is 14.9. The van der Waals surface area contributed by atoms with Gasteiger partial charge in [-0.3, -0.25) is 9.59 Å². The Bertz CT molecular complexity index is 641. The Hall–Kier alpha value is -2.22. The summed E-state index contributed by atoms with van der Waals surface area (Å²) in [5, 5.41) is 0. The monoisotopic (exact) mass is 359 g/mol. The second kappa shape index (κ2) is 7.57. The Labute approximate surface area is 153 Å². The van der Waals surface area contributed by atoms with E-state index in [9.17, 15) is 9.59 Å². The van der Waals surface area contributed by atoms with E-state index in [1.165, 1.54) is 0 Å². The number of aromatic nitrogens is 2. The number of anilines is 1. The lowest BCUT2D eigenvalue weighted by molar-refractivity contribution is -0.136. The van der Waals surface area contributed by atoms with Crippen molar-refractivity contribution in [2.45, 2.75) is 25.3 Å². The van der Waals surface area contributed by atoms with Crippen molar-refractivity contribution in [1.29, 1.82) is 0 Å². The topological polar surface area (TPSA) is 78.9 Å². The molecule has 0 aromatic carbocycles. The molecule has 3 saturated heterocycles. The van der Waals surface area contributed by atoms with Crippen LogP contribution in [-0.2, 0) is 14.3 Å². The summed E-state index contributed by atoms with van der Waals surface area (Å²) in [7, 11) is 0. The van der Waals surface area contributed by atoms with Crippen LogP contribution in [0, 0.1) is 5.92 Å². The second-order valence-corrected chi connectivity index (χ2v) is 7.15. The highest BCUT2D eigenvalue weighted by atomic mass is 16.5. The molecule has 3 aliphatic heterocycles. The molecule has 1 aromatic heterocycles. The first kappa shape index (κ1) is 17.2. The number of carbonyl (C=O) groups excluding carboxylic acids is 2. The highest BCUT2D eigenvalue weighted by molar-refractivity contribution is 5.89. The van der Waals surface area contributed by atoms with Gasteiger partial charge in [-0.05, 0) is 18.9 Å². The Balaban J connectivity index is 1.32. The van der Waals surface area contributed by atoms with Crippen molar-refractivity contribution in [2.24, 2.45) is 5.92 Å². The van der Waals surface area contributed by atoms with E-state index in [0.29, 0.717) is 45.2 Å². The predicted molar refractivity (Wildman–Crippen MR) is 94.5 cm³/mol. The first-order valence-electron chi connectivity index (χ1n) is 9.40. The van der Waals surface area contributed by atoms with E-state index in [0.717, 1.165) is 25.9 Å². The molecule has 140 valence electrons. The Morgan fingerprint density at radius 1 is 1.08 bits per heavy atom. The number of likely N-dealkylation sites (tertiary alicyclic amines) is 1. The van der Waals surface area contributed by atoms with Gasteiger partial charge in [0.05, 0.1) is 5.92 Å². The minimum absolute atomic E-state index is 0.113. The van der Waals surface area contributed by atoms with Crippen molar-refractivity contribution < 1.29 is 14.3 Å². The van der Waals surface area contributed by atoms with Gasteiger partial charge in [-0.2, -0.15) is 0 Å². The molecule has 8 heteroatoms. The van der Waals surface area contributed by atoms with Crippen LogP contribution < -0.4 is 4.90 Å². The molecule has 0 saturated carbocycles. The smallest absolute Gasteiger partial charge is 0.228 e. The fraction of sp³-hybridized carbons (Fsp3) is 0.667. The number of carbonyl (C=O) groups is 2. The van der Waals surface area contributed by atoms with Gasteiger partial charge >= 0.3 is 0 Å². The van der Waals surface area contributed by atoms with Gasteiger partial charge in [0.1, 0.15) is 0 Å². The first-order valence-corrected chi connectivity index (χ1v) is 9.40. The quantitative estimate of drug-likeness (QED) is 0.765. The number of amides is 2. The highest BCUT2D eigenvalue weighted by Crippen LogP contribution is 2.26. The number of hydrogen-bond donors (Lipinski definition) is 0. The summed E-state index contributed by atoms with van der Waals surface area (Å²) in [5.74, 6) is 0.735. The maximum Gasteiger partial charge on any atom is 0.228 e. The van der Waals surface area contributed by atoms with E-state index in [1.807, 2.05) is 9.80 Å². The molecular formula is C18H25N5O3. The van der Waals surface area contributed by atoms with Crippen molar-refractivity contribution in [1.82, 2.24) is 19.8 Å². The lowest BCUT2D eigenvalue weighted by Crippen LogP contribution is -2.51. The van der Waals surface area contributed by atoms with Crippen LogP contribution in [0.4, 0.5) is 5.95 Å². The zero-order chi connectivity index (χ0) is 17.9. The third kappa shape index (κ3) is 3.51. The van der Waals surface area contributed by atoms with E-state index >= 15 is 0 Å². The van der Waals surface area contributed by atoms with Gasteiger partial charge < -0.3 is 19.4 Å². The van der Waals surface area contributed by atoms with Crippen LogP contribution in [0.5, 0.6) is 0 Å². The minimum atomic E-state index is -0.204. The van der Waals surface area contributed by atoms with E-state index in [4.69, 9.17) is 4.74 Å². The number of nitrogens with zero attached hydrogens (tertiary/aromatic N) is 5. The molecule has 0 radical (unpaired) electrons. The fourth-order valence-electron chi connectivity index (χ4n) is 4.09. The molecule has 3 aliphatic rings. The lowest BCUT2D eigenvalue weighted by Gasteiger charge is -2.36. The van der Waals surface area contributed by atoms with Crippen LogP contribution >= 0.6 is 0 Å². The van der Waals surface area contributed by atoms with E-state index in [-0.39, 0.29) is 23.8 Å². The molecule has 2 amide bonds. The fourth-order valence-corrected chi connectivity index (χ4v) is 4.09. The van der Waals surface area contributed by atoms with Crippen molar-refractivity contribution in [3.63, 3.8) is 0 Å². The van der Waals surface area contributed by atoms with Crippen LogP contribution in [-0.4, -0.2) is 83.6 Å². The maximum atomic E-state index is 12.9. The Kier molecular flexibility index (Phi) is 5.01. The molecule has 0 N–H and O–H groups in total. The van der Waals surface area contributed by atoms with Crippen LogP contribution in [0.2, 0.25) is 0 Å². The van der Waals surface area contributed by atoms with Gasteiger partial charge in [0, 0.05) is 70.8 Å². The van der Waals surface area contributed by atoms with Crippen molar-refractivity contribution in [2.75, 3.05) is 50.8 Å². The molecule has 1 atom stereocenters. The van der Waals surface area contributed by atoms with Gasteiger partial charge in [-0.25, -0.2) is 9.97 Å². The summed E-state index contributed by atoms with van der Waals surface area (Å²) in [5.41, 5.74) is 0. The standard InChI is InChI=1S/C18H25N5O3/c24-16-12-14(13-23(16)15-2-10-26-11-3-15)17(25)21-6-8-22(9-7-21)18-19-4-1-5-20-18/h1,4-5,14-15H,2-3,6-13H2. The van der Waals surface area contributed by atoms with E-state index < -0.39 is 0 Å². The Morgan fingerprint density at radius 2 is 1.77 bits per heavy atom. The third-order valence-corrected chi connectivity index (χ3v) is 5.57. The first-order chi connectivity index (χ1) is 12.7. The second-order valence-electron chi connectivity index (χ2n) is 7.15. The summed E-state index contributed by atoms with van der Waals surface area (Å²) >= 11 is 0. The SMILES string of the molecule is O=C(C1CC(=O)N(C2CCOCC2)C1)N1CCN(c2ncccn2)CC1. The molecule has 0 spiro atoms. The lowest BCUT2D eigenvalue weighted by atomic mass is 10.1. The molecule has 3 fully saturated rings. The van der Waals surface area contributed by atoms with Crippen LogP contribution in [0.15, 0.2) is 18.5 Å². The number of ether oxygens (including phenoxy) is 1. The molecule has 0 aliphatic carbocycles. The van der Waals surface area contributed by atoms with E-state index in [2.05, 4.69) is 14.9 Å². The molecule has 1 aromatic rings. The summed E-state index contributed by atoms with van der Waals surface area (Å²) in [6.45, 7) is 4.72. The van der Waals surface area contributed by atoms with Gasteiger partial charge in [-0.1, -0.05) is 0 Å². The number of hydrogen-bond acceptors (Lipinski definition) is 6. The summed E-state index contributed by atoms with van der Waals surface area (Å²) in [4.78, 5) is 39.7. The molecular weight excluding hydrogens is 334 g/mol. The van der Waals surface area contributed by atoms with Gasteiger partial charge in [0.15, 0.2) is 0 Å². The van der Waals surface area contributed by atoms with E-state index in [1.54, 1.807) is 18.5 Å². The molecule has 8 nitrogen and oxygen atoms in total. The third-order valence-electron chi connectivity index (χ3n) is 5.57. The van der Waals surface area contributed by atoms with Gasteiger partial charge in [0.2, 0.25) is 17.8 Å². The summed E-state index contributed by atoms with van der Waals surface area (Å²) < 4.78 is 5.38. The zero-order valence-corrected chi connectivity index (χ0v) is 14.9. The van der Waals surface area contributed by atoms with Crippen LogP contribution in [0.1, 0.15) is 19.3 Å². The summed E-state index contributed by atoms with van der Waals surface area (Å²) in [6, 6.07) is 2.03. The minimum Gasteiger partial charge on any atom is -0.381 e. The van der Waals surface area contributed by atoms with Crippen LogP contribution in [0.3, 0.4) is 0 Å². The highest BCUT2D eigenvalue weighted by Gasteiger charge is 2.40.